The van der Waals surface area contributed by atoms with E-state index in [1.54, 1.807) is 0 Å². The van der Waals surface area contributed by atoms with Crippen molar-refractivity contribution < 1.29 is 0 Å². The Morgan fingerprint density at radius 3 is 2.62 bits per heavy atom. The summed E-state index contributed by atoms with van der Waals surface area (Å²) in [6.07, 6.45) is 7.16. The Hall–Kier alpha value is -0.0800. The Morgan fingerprint density at radius 1 is 1.31 bits per heavy atom. The first-order chi connectivity index (χ1) is 7.65. The summed E-state index contributed by atoms with van der Waals surface area (Å²) in [5.41, 5.74) is 0. The summed E-state index contributed by atoms with van der Waals surface area (Å²) in [4.78, 5) is 2.46. The van der Waals surface area contributed by atoms with Crippen LogP contribution in [0.3, 0.4) is 0 Å². The molecule has 2 rings (SSSR count). The van der Waals surface area contributed by atoms with Gasteiger partial charge in [-0.25, -0.2) is 0 Å². The Bertz CT molecular complexity index is 213. The lowest BCUT2D eigenvalue weighted by Gasteiger charge is -2.38. The third-order valence-corrected chi connectivity index (χ3v) is 4.52. The van der Waals surface area contributed by atoms with Gasteiger partial charge in [-0.1, -0.05) is 26.2 Å². The molecule has 1 saturated carbocycles. The standard InChI is InChI=1S/C14H28N2/c1-11-10-16(3)8-7-14(11)15-12(2)9-13-5-4-6-13/h11-15H,4-10H2,1-3H3. The SMILES string of the molecule is CC(CC1CCC1)NC1CCN(C)CC1C. The lowest BCUT2D eigenvalue weighted by atomic mass is 9.81. The van der Waals surface area contributed by atoms with E-state index in [9.17, 15) is 0 Å². The van der Waals surface area contributed by atoms with E-state index in [-0.39, 0.29) is 0 Å². The predicted molar refractivity (Wildman–Crippen MR) is 69.6 cm³/mol. The summed E-state index contributed by atoms with van der Waals surface area (Å²) >= 11 is 0. The number of hydrogen-bond donors (Lipinski definition) is 1. The fraction of sp³-hybridized carbons (Fsp3) is 1.00. The molecule has 0 aromatic carbocycles. The van der Waals surface area contributed by atoms with Crippen LogP contribution in [0.25, 0.3) is 0 Å². The molecule has 3 atom stereocenters. The van der Waals surface area contributed by atoms with E-state index in [0.29, 0.717) is 0 Å². The van der Waals surface area contributed by atoms with Crippen LogP contribution in [0.15, 0.2) is 0 Å². The zero-order chi connectivity index (χ0) is 11.5. The summed E-state index contributed by atoms with van der Waals surface area (Å²) < 4.78 is 0. The van der Waals surface area contributed by atoms with Gasteiger partial charge in [0, 0.05) is 18.6 Å². The molecule has 0 aromatic heterocycles. The van der Waals surface area contributed by atoms with Crippen LogP contribution in [0.4, 0.5) is 0 Å². The molecule has 1 heterocycles. The van der Waals surface area contributed by atoms with Crippen molar-refractivity contribution in [2.24, 2.45) is 11.8 Å². The molecule has 1 N–H and O–H groups in total. The second-order valence-electron chi connectivity index (χ2n) is 6.24. The minimum absolute atomic E-state index is 0.723. The van der Waals surface area contributed by atoms with E-state index >= 15 is 0 Å². The van der Waals surface area contributed by atoms with Gasteiger partial charge in [-0.15, -0.1) is 0 Å². The van der Waals surface area contributed by atoms with Crippen LogP contribution < -0.4 is 5.32 Å². The Morgan fingerprint density at radius 2 is 2.06 bits per heavy atom. The summed E-state index contributed by atoms with van der Waals surface area (Å²) in [6.45, 7) is 7.29. The fourth-order valence-corrected chi connectivity index (χ4v) is 3.26. The minimum atomic E-state index is 0.723. The van der Waals surface area contributed by atoms with Crippen molar-refractivity contribution in [2.75, 3.05) is 20.1 Å². The molecule has 2 aliphatic rings. The Kier molecular flexibility index (Phi) is 4.26. The van der Waals surface area contributed by atoms with Crippen molar-refractivity contribution in [2.45, 2.75) is 58.0 Å². The zero-order valence-corrected chi connectivity index (χ0v) is 11.2. The van der Waals surface area contributed by atoms with Gasteiger partial charge in [-0.2, -0.15) is 0 Å². The highest BCUT2D eigenvalue weighted by Crippen LogP contribution is 2.30. The van der Waals surface area contributed by atoms with E-state index in [2.05, 4.69) is 31.1 Å². The van der Waals surface area contributed by atoms with Gasteiger partial charge >= 0.3 is 0 Å². The molecule has 2 nitrogen and oxygen atoms in total. The third kappa shape index (κ3) is 3.21. The molecule has 94 valence electrons. The molecule has 16 heavy (non-hydrogen) atoms. The van der Waals surface area contributed by atoms with Gasteiger partial charge in [-0.05, 0) is 45.2 Å². The van der Waals surface area contributed by atoms with Crippen LogP contribution in [0.5, 0.6) is 0 Å². The predicted octanol–water partition coefficient (Wildman–Crippen LogP) is 2.49. The van der Waals surface area contributed by atoms with Crippen molar-refractivity contribution in [3.8, 4) is 0 Å². The number of hydrogen-bond acceptors (Lipinski definition) is 2. The first kappa shape index (κ1) is 12.4. The molecule has 2 fully saturated rings. The molecule has 0 spiro atoms. The largest absolute Gasteiger partial charge is 0.311 e. The number of nitrogens with one attached hydrogen (secondary N) is 1. The number of likely N-dealkylation sites (tertiary alicyclic amines) is 1. The van der Waals surface area contributed by atoms with E-state index in [4.69, 9.17) is 0 Å². The summed E-state index contributed by atoms with van der Waals surface area (Å²) in [7, 11) is 2.24. The zero-order valence-electron chi connectivity index (χ0n) is 11.2. The molecule has 0 bridgehead atoms. The maximum Gasteiger partial charge on any atom is 0.0119 e. The van der Waals surface area contributed by atoms with Crippen molar-refractivity contribution >= 4 is 0 Å². The highest BCUT2D eigenvalue weighted by molar-refractivity contribution is 4.84. The van der Waals surface area contributed by atoms with Crippen LogP contribution in [0.1, 0.15) is 46.0 Å². The van der Waals surface area contributed by atoms with E-state index < -0.39 is 0 Å². The van der Waals surface area contributed by atoms with Crippen LogP contribution >= 0.6 is 0 Å². The second kappa shape index (κ2) is 5.50. The van der Waals surface area contributed by atoms with Crippen molar-refractivity contribution in [3.63, 3.8) is 0 Å². The monoisotopic (exact) mass is 224 g/mol. The molecule has 0 amide bonds. The molecule has 0 radical (unpaired) electrons. The van der Waals surface area contributed by atoms with Crippen LogP contribution in [0, 0.1) is 11.8 Å². The van der Waals surface area contributed by atoms with E-state index in [1.165, 1.54) is 45.2 Å². The molecule has 2 heteroatoms. The van der Waals surface area contributed by atoms with Gasteiger partial charge in [0.15, 0.2) is 0 Å². The van der Waals surface area contributed by atoms with Crippen LogP contribution in [-0.2, 0) is 0 Å². The molecular weight excluding hydrogens is 196 g/mol. The summed E-state index contributed by atoms with van der Waals surface area (Å²) in [5, 5.41) is 3.86. The summed E-state index contributed by atoms with van der Waals surface area (Å²) in [6, 6.07) is 1.48. The topological polar surface area (TPSA) is 15.3 Å². The molecular formula is C14H28N2. The molecule has 3 unspecified atom stereocenters. The quantitative estimate of drug-likeness (QED) is 0.789. The lowest BCUT2D eigenvalue weighted by Crippen LogP contribution is -2.50. The van der Waals surface area contributed by atoms with Gasteiger partial charge in [0.2, 0.25) is 0 Å². The van der Waals surface area contributed by atoms with Crippen LogP contribution in [0.2, 0.25) is 0 Å². The fourth-order valence-electron chi connectivity index (χ4n) is 3.26. The number of piperidine rings is 1. The van der Waals surface area contributed by atoms with Gasteiger partial charge in [0.25, 0.3) is 0 Å². The number of nitrogens with zero attached hydrogens (tertiary/aromatic N) is 1. The highest BCUT2D eigenvalue weighted by atomic mass is 15.1. The minimum Gasteiger partial charge on any atom is -0.311 e. The average molecular weight is 224 g/mol. The third-order valence-electron chi connectivity index (χ3n) is 4.52. The van der Waals surface area contributed by atoms with Crippen LogP contribution in [-0.4, -0.2) is 37.1 Å². The normalized spacial score (nSPS) is 34.7. The van der Waals surface area contributed by atoms with Gasteiger partial charge in [0.1, 0.15) is 0 Å². The average Bonchev–Trinajstić information content (AvgIpc) is 2.16. The first-order valence-corrected chi connectivity index (χ1v) is 7.09. The smallest absolute Gasteiger partial charge is 0.0119 e. The van der Waals surface area contributed by atoms with E-state index in [1.807, 2.05) is 0 Å². The first-order valence-electron chi connectivity index (χ1n) is 7.09. The molecule has 1 aliphatic carbocycles. The van der Waals surface area contributed by atoms with E-state index in [0.717, 1.165) is 23.9 Å². The Labute approximate surface area is 101 Å². The van der Waals surface area contributed by atoms with Crippen molar-refractivity contribution in [3.05, 3.63) is 0 Å². The van der Waals surface area contributed by atoms with Gasteiger partial charge in [0.05, 0.1) is 0 Å². The Balaban J connectivity index is 1.70. The maximum atomic E-state index is 3.86. The van der Waals surface area contributed by atoms with Gasteiger partial charge < -0.3 is 10.2 Å². The number of rotatable bonds is 4. The lowest BCUT2D eigenvalue weighted by molar-refractivity contribution is 0.158. The molecule has 1 saturated heterocycles. The second-order valence-corrected chi connectivity index (χ2v) is 6.24. The molecule has 0 aromatic rings. The maximum absolute atomic E-state index is 3.86. The van der Waals surface area contributed by atoms with Crippen molar-refractivity contribution in [1.29, 1.82) is 0 Å². The highest BCUT2D eigenvalue weighted by Gasteiger charge is 2.26. The molecule has 1 aliphatic heterocycles. The van der Waals surface area contributed by atoms with Gasteiger partial charge in [-0.3, -0.25) is 0 Å². The van der Waals surface area contributed by atoms with Crippen molar-refractivity contribution in [1.82, 2.24) is 10.2 Å². The summed E-state index contributed by atoms with van der Waals surface area (Å²) in [5.74, 6) is 1.84.